The molecule has 1 aromatic carbocycles. The van der Waals surface area contributed by atoms with Crippen molar-refractivity contribution in [1.82, 2.24) is 4.57 Å². The number of nitrogens with zero attached hydrogens (tertiary/aromatic N) is 2. The van der Waals surface area contributed by atoms with Gasteiger partial charge in [0.2, 0.25) is 0 Å². The van der Waals surface area contributed by atoms with Crippen LogP contribution in [0.1, 0.15) is 6.92 Å². The number of carbonyl (C=O) groups excluding carboxylic acids is 1. The molecule has 6 nitrogen and oxygen atoms in total. The van der Waals surface area contributed by atoms with Gasteiger partial charge >= 0.3 is 5.97 Å². The molecule has 0 fully saturated rings. The first-order chi connectivity index (χ1) is 12.9. The van der Waals surface area contributed by atoms with Crippen LogP contribution in [-0.2, 0) is 16.1 Å². The molecule has 0 aliphatic rings. The number of benzene rings is 1. The standard InChI is InChI=1S/C18H15ClFN3O3S/c1-3-7-26-18(25)12(9-21)17-23(4-2)16(24)15(27-17)10-22-11-5-6-14(20)13(19)8-11/h3,5-6,8,10,22H,1,4,7H2,2H3/b15-10+,17-12-. The molecule has 140 valence electrons. The van der Waals surface area contributed by atoms with Crippen molar-refractivity contribution in [3.8, 4) is 6.07 Å². The normalized spacial score (nSPS) is 12.3. The minimum atomic E-state index is -0.828. The number of aromatic nitrogens is 1. The van der Waals surface area contributed by atoms with Crippen LogP contribution in [0.25, 0.3) is 11.8 Å². The van der Waals surface area contributed by atoms with E-state index in [1.807, 2.05) is 0 Å². The Hall–Kier alpha value is -2.89. The van der Waals surface area contributed by atoms with E-state index in [1.54, 1.807) is 13.0 Å². The van der Waals surface area contributed by atoms with E-state index >= 15 is 0 Å². The summed E-state index contributed by atoms with van der Waals surface area (Å²) >= 11 is 6.70. The van der Waals surface area contributed by atoms with Crippen molar-refractivity contribution >= 4 is 46.4 Å². The summed E-state index contributed by atoms with van der Waals surface area (Å²) in [5.74, 6) is -1.38. The fraction of sp³-hybridized carbons (Fsp3) is 0.167. The quantitative estimate of drug-likeness (QED) is 0.584. The average molecular weight is 408 g/mol. The number of nitriles is 1. The van der Waals surface area contributed by atoms with Crippen molar-refractivity contribution in [2.45, 2.75) is 13.5 Å². The summed E-state index contributed by atoms with van der Waals surface area (Å²) in [6.45, 7) is 5.38. The lowest BCUT2D eigenvalue weighted by Gasteiger charge is -2.00. The van der Waals surface area contributed by atoms with Crippen molar-refractivity contribution in [2.75, 3.05) is 11.9 Å². The maximum Gasteiger partial charge on any atom is 0.352 e. The number of hydrogen-bond acceptors (Lipinski definition) is 6. The van der Waals surface area contributed by atoms with Crippen LogP contribution in [0.3, 0.4) is 0 Å². The Balaban J connectivity index is 2.54. The first-order valence-corrected chi connectivity index (χ1v) is 8.96. The molecule has 0 aliphatic heterocycles. The molecule has 9 heteroatoms. The summed E-state index contributed by atoms with van der Waals surface area (Å²) in [5, 5.41) is 12.1. The SMILES string of the molecule is C=CCOC(=O)/C(C#N)=c1\s/c(=C/Nc2ccc(F)c(Cl)c2)c(=O)n1CC. The predicted octanol–water partition coefficient (Wildman–Crippen LogP) is 1.98. The summed E-state index contributed by atoms with van der Waals surface area (Å²) < 4.78 is 19.9. The molecular weight excluding hydrogens is 393 g/mol. The lowest BCUT2D eigenvalue weighted by Crippen LogP contribution is -2.32. The maximum absolute atomic E-state index is 13.2. The summed E-state index contributed by atoms with van der Waals surface area (Å²) in [6, 6.07) is 5.83. The third-order valence-electron chi connectivity index (χ3n) is 3.38. The Morgan fingerprint density at radius 1 is 1.56 bits per heavy atom. The van der Waals surface area contributed by atoms with Crippen molar-refractivity contribution < 1.29 is 13.9 Å². The minimum Gasteiger partial charge on any atom is -0.457 e. The van der Waals surface area contributed by atoms with Gasteiger partial charge in [-0.15, -0.1) is 11.3 Å². The maximum atomic E-state index is 13.2. The highest BCUT2D eigenvalue weighted by Crippen LogP contribution is 2.19. The van der Waals surface area contributed by atoms with Crippen molar-refractivity contribution in [3.63, 3.8) is 0 Å². The van der Waals surface area contributed by atoms with Crippen molar-refractivity contribution in [3.05, 3.63) is 61.2 Å². The highest BCUT2D eigenvalue weighted by atomic mass is 35.5. The Morgan fingerprint density at radius 3 is 2.89 bits per heavy atom. The van der Waals surface area contributed by atoms with Crippen LogP contribution in [0.2, 0.25) is 5.02 Å². The van der Waals surface area contributed by atoms with E-state index in [0.717, 1.165) is 11.3 Å². The zero-order valence-corrected chi connectivity index (χ0v) is 15.9. The first kappa shape index (κ1) is 20.4. The number of anilines is 1. The van der Waals surface area contributed by atoms with Crippen LogP contribution in [-0.4, -0.2) is 17.1 Å². The van der Waals surface area contributed by atoms with Crippen molar-refractivity contribution in [2.24, 2.45) is 0 Å². The summed E-state index contributed by atoms with van der Waals surface area (Å²) in [7, 11) is 0. The zero-order valence-electron chi connectivity index (χ0n) is 14.3. The number of halogens is 2. The Bertz CT molecular complexity index is 1100. The van der Waals surface area contributed by atoms with Gasteiger partial charge in [-0.05, 0) is 25.1 Å². The second-order valence-corrected chi connectivity index (χ2v) is 6.55. The molecule has 0 radical (unpaired) electrons. The molecule has 0 saturated carbocycles. The van der Waals surface area contributed by atoms with E-state index in [0.29, 0.717) is 5.69 Å². The first-order valence-electron chi connectivity index (χ1n) is 7.76. The van der Waals surface area contributed by atoms with Crippen LogP contribution < -0.4 is 20.1 Å². The molecule has 2 aromatic rings. The summed E-state index contributed by atoms with van der Waals surface area (Å²) in [4.78, 5) is 24.6. The van der Waals surface area contributed by atoms with E-state index in [1.165, 1.54) is 35.0 Å². The lowest BCUT2D eigenvalue weighted by molar-refractivity contribution is -0.135. The smallest absolute Gasteiger partial charge is 0.352 e. The van der Waals surface area contributed by atoms with Crippen LogP contribution in [0.5, 0.6) is 0 Å². The van der Waals surface area contributed by atoms with E-state index in [4.69, 9.17) is 16.3 Å². The minimum absolute atomic E-state index is 0.0440. The number of nitrogens with one attached hydrogen (secondary N) is 1. The second-order valence-electron chi connectivity index (χ2n) is 5.11. The van der Waals surface area contributed by atoms with E-state index in [-0.39, 0.29) is 38.5 Å². The number of ether oxygens (including phenoxy) is 1. The molecule has 0 aliphatic carbocycles. The van der Waals surface area contributed by atoms with Gasteiger partial charge in [-0.2, -0.15) is 5.26 Å². The number of hydrogen-bond donors (Lipinski definition) is 1. The van der Waals surface area contributed by atoms with Crippen LogP contribution >= 0.6 is 22.9 Å². The van der Waals surface area contributed by atoms with Gasteiger partial charge in [0.25, 0.3) is 5.56 Å². The third-order valence-corrected chi connectivity index (χ3v) is 4.80. The zero-order chi connectivity index (χ0) is 20.0. The highest BCUT2D eigenvalue weighted by molar-refractivity contribution is 7.07. The molecule has 27 heavy (non-hydrogen) atoms. The fourth-order valence-corrected chi connectivity index (χ4v) is 3.37. The number of rotatable bonds is 6. The van der Waals surface area contributed by atoms with Gasteiger partial charge in [0.05, 0.1) is 5.02 Å². The third kappa shape index (κ3) is 4.64. The molecule has 0 atom stereocenters. The molecule has 0 unspecified atom stereocenters. The monoisotopic (exact) mass is 407 g/mol. The van der Waals surface area contributed by atoms with Crippen LogP contribution in [0.4, 0.5) is 10.1 Å². The van der Waals surface area contributed by atoms with Crippen LogP contribution in [0, 0.1) is 17.1 Å². The van der Waals surface area contributed by atoms with E-state index in [9.17, 15) is 19.2 Å². The van der Waals surface area contributed by atoms with Crippen LogP contribution in [0.15, 0.2) is 35.6 Å². The average Bonchev–Trinajstić information content (AvgIpc) is 2.97. The van der Waals surface area contributed by atoms with E-state index in [2.05, 4.69) is 11.9 Å². The van der Waals surface area contributed by atoms with Gasteiger partial charge < -0.3 is 10.1 Å². The second kappa shape index (κ2) is 9.16. The molecule has 0 bridgehead atoms. The van der Waals surface area contributed by atoms with Gasteiger partial charge in [-0.1, -0.05) is 24.3 Å². The van der Waals surface area contributed by atoms with E-state index < -0.39 is 11.8 Å². The summed E-state index contributed by atoms with van der Waals surface area (Å²) in [6.07, 6.45) is 2.79. The number of thiazole rings is 1. The Morgan fingerprint density at radius 2 is 2.30 bits per heavy atom. The molecule has 0 amide bonds. The molecular formula is C18H15ClFN3O3S. The Kier molecular flexibility index (Phi) is 6.93. The molecule has 0 spiro atoms. The van der Waals surface area contributed by atoms with Gasteiger partial charge in [0.1, 0.15) is 27.7 Å². The largest absolute Gasteiger partial charge is 0.457 e. The van der Waals surface area contributed by atoms with Gasteiger partial charge in [-0.25, -0.2) is 9.18 Å². The summed E-state index contributed by atoms with van der Waals surface area (Å²) in [5.41, 5.74) is -0.151. The number of esters is 1. The van der Waals surface area contributed by atoms with Gasteiger partial charge in [0, 0.05) is 18.4 Å². The lowest BCUT2D eigenvalue weighted by atomic mass is 10.3. The number of carbonyl (C=O) groups is 1. The Labute approximate surface area is 163 Å². The molecule has 1 heterocycles. The molecule has 0 saturated heterocycles. The predicted molar refractivity (Wildman–Crippen MR) is 103 cm³/mol. The fourth-order valence-electron chi connectivity index (χ4n) is 2.11. The molecule has 2 rings (SSSR count). The van der Waals surface area contributed by atoms with Crippen molar-refractivity contribution in [1.29, 1.82) is 5.26 Å². The van der Waals surface area contributed by atoms with Gasteiger partial charge in [-0.3, -0.25) is 9.36 Å². The topological polar surface area (TPSA) is 84.1 Å². The molecule has 1 N–H and O–H groups in total. The molecule has 1 aromatic heterocycles. The van der Waals surface area contributed by atoms with Gasteiger partial charge in [0.15, 0.2) is 5.57 Å². The highest BCUT2D eigenvalue weighted by Gasteiger charge is 2.16.